The van der Waals surface area contributed by atoms with Crippen LogP contribution in [0.1, 0.15) is 0 Å². The molecule has 2 aromatic rings. The minimum Gasteiger partial charge on any atom is -0.524 e. The van der Waals surface area contributed by atoms with Gasteiger partial charge in [-0.15, -0.1) is 26.3 Å². The van der Waals surface area contributed by atoms with E-state index in [4.69, 9.17) is 18.8 Å². The van der Waals surface area contributed by atoms with Crippen molar-refractivity contribution in [2.75, 3.05) is 14.2 Å². The lowest BCUT2D eigenvalue weighted by molar-refractivity contribution is -0.275. The van der Waals surface area contributed by atoms with E-state index in [1.807, 2.05) is 0 Å². The maximum absolute atomic E-state index is 12.5. The number of ether oxygens (including phenoxy) is 4. The number of halogens is 6. The van der Waals surface area contributed by atoms with Crippen molar-refractivity contribution >= 4 is 7.69 Å². The Kier molecular flexibility index (Phi) is 6.82. The van der Waals surface area contributed by atoms with Gasteiger partial charge < -0.3 is 28.3 Å². The summed E-state index contributed by atoms with van der Waals surface area (Å²) in [6, 6.07) is 6.34. The number of hydrogen-bond donors (Lipinski definition) is 0. The van der Waals surface area contributed by atoms with E-state index in [9.17, 15) is 26.3 Å². The lowest BCUT2D eigenvalue weighted by atomic mass is 10.2. The van der Waals surface area contributed by atoms with Crippen LogP contribution in [0.2, 0.25) is 0 Å². The van der Waals surface area contributed by atoms with Gasteiger partial charge in [0.25, 0.3) is 0 Å². The van der Waals surface area contributed by atoms with Crippen molar-refractivity contribution in [1.82, 2.24) is 0 Å². The van der Waals surface area contributed by atoms with E-state index >= 15 is 0 Å². The van der Waals surface area contributed by atoms with Crippen molar-refractivity contribution in [3.63, 3.8) is 0 Å². The fourth-order valence-corrected chi connectivity index (χ4v) is 1.96. The Morgan fingerprint density at radius 3 is 1.31 bits per heavy atom. The highest BCUT2D eigenvalue weighted by Gasteiger charge is 2.34. The van der Waals surface area contributed by atoms with Gasteiger partial charge in [-0.25, -0.2) is 0 Å². The number of alkyl halides is 6. The predicted octanol–water partition coefficient (Wildman–Crippen LogP) is 4.49. The molecule has 2 aromatic carbocycles. The number of hydrogen-bond acceptors (Lipinski definition) is 6. The van der Waals surface area contributed by atoms with Gasteiger partial charge in [-0.1, -0.05) is 0 Å². The predicted molar refractivity (Wildman–Crippen MR) is 86.4 cm³/mol. The van der Waals surface area contributed by atoms with E-state index in [1.54, 1.807) is 0 Å². The molecule has 0 aromatic heterocycles. The quantitative estimate of drug-likeness (QED) is 0.459. The SMILES string of the molecule is COc1ccc(OC(F)(F)F)c(O[B]Oc2cc(OC)ccc2OC(F)(F)F)c1. The molecule has 0 heterocycles. The second-order valence-corrected chi connectivity index (χ2v) is 5.05. The Labute approximate surface area is 161 Å². The van der Waals surface area contributed by atoms with Crippen LogP contribution in [-0.4, -0.2) is 34.6 Å². The number of rotatable bonds is 8. The molecule has 0 N–H and O–H groups in total. The molecule has 13 heteroatoms. The van der Waals surface area contributed by atoms with Crippen molar-refractivity contribution in [1.29, 1.82) is 0 Å². The smallest absolute Gasteiger partial charge is 0.524 e. The molecule has 0 saturated heterocycles. The Morgan fingerprint density at radius 1 is 0.621 bits per heavy atom. The molecule has 29 heavy (non-hydrogen) atoms. The molecule has 0 spiro atoms. The summed E-state index contributed by atoms with van der Waals surface area (Å²) in [4.78, 5) is 0. The van der Waals surface area contributed by atoms with Gasteiger partial charge in [-0.05, 0) is 24.3 Å². The second kappa shape index (κ2) is 8.92. The van der Waals surface area contributed by atoms with Crippen LogP contribution >= 0.6 is 0 Å². The average Bonchev–Trinajstić information content (AvgIpc) is 2.61. The molecule has 0 saturated carbocycles. The third-order valence-corrected chi connectivity index (χ3v) is 3.10. The molecule has 1 radical (unpaired) electrons. The molecule has 0 atom stereocenters. The Hall–Kier alpha value is -3.12. The number of benzene rings is 2. The van der Waals surface area contributed by atoms with E-state index in [-0.39, 0.29) is 11.5 Å². The molecule has 0 aliphatic rings. The van der Waals surface area contributed by atoms with Crippen molar-refractivity contribution in [3.8, 4) is 34.5 Å². The highest BCUT2D eigenvalue weighted by Crippen LogP contribution is 2.37. The fourth-order valence-electron chi connectivity index (χ4n) is 1.96. The Balaban J connectivity index is 2.18. The van der Waals surface area contributed by atoms with E-state index in [2.05, 4.69) is 9.47 Å². The van der Waals surface area contributed by atoms with E-state index in [0.717, 1.165) is 24.3 Å². The van der Waals surface area contributed by atoms with Gasteiger partial charge in [-0.3, -0.25) is 0 Å². The van der Waals surface area contributed by atoms with E-state index in [1.165, 1.54) is 26.4 Å². The van der Waals surface area contributed by atoms with Crippen LogP contribution in [0.15, 0.2) is 36.4 Å². The molecular formula is C16H12BF6O6. The zero-order chi connectivity index (χ0) is 21.7. The number of methoxy groups -OCH3 is 2. The molecule has 2 rings (SSSR count). The lowest BCUT2D eigenvalue weighted by Gasteiger charge is -2.16. The highest BCUT2D eigenvalue weighted by atomic mass is 19.4. The van der Waals surface area contributed by atoms with Gasteiger partial charge >= 0.3 is 20.4 Å². The molecule has 0 bridgehead atoms. The zero-order valence-corrected chi connectivity index (χ0v) is 14.8. The summed E-state index contributed by atoms with van der Waals surface area (Å²) in [6.07, 6.45) is -10.0. The summed E-state index contributed by atoms with van der Waals surface area (Å²) in [6.45, 7) is 0. The van der Waals surface area contributed by atoms with Crippen LogP contribution < -0.4 is 28.3 Å². The van der Waals surface area contributed by atoms with Crippen LogP contribution in [0.5, 0.6) is 34.5 Å². The molecule has 0 fully saturated rings. The standard InChI is InChI=1S/C16H12BF6O6/c1-24-9-3-5-11(26-15(18,19)20)13(7-9)28-17-29-14-8-10(25-2)4-6-12(14)27-16(21,22)23/h3-8H,1-2H3. The summed E-state index contributed by atoms with van der Waals surface area (Å²) in [7, 11) is 3.03. The summed E-state index contributed by atoms with van der Waals surface area (Å²) in [5.74, 6) is -2.13. The van der Waals surface area contributed by atoms with Crippen LogP contribution in [-0.2, 0) is 0 Å². The average molecular weight is 425 g/mol. The molecular weight excluding hydrogens is 413 g/mol. The van der Waals surface area contributed by atoms with Gasteiger partial charge in [0.05, 0.1) is 14.2 Å². The Morgan fingerprint density at radius 2 is 1.00 bits per heavy atom. The lowest BCUT2D eigenvalue weighted by Crippen LogP contribution is -2.20. The van der Waals surface area contributed by atoms with Gasteiger partial charge in [0.15, 0.2) is 11.5 Å². The molecule has 0 unspecified atom stereocenters. The molecule has 0 amide bonds. The molecule has 0 aliphatic heterocycles. The monoisotopic (exact) mass is 425 g/mol. The first-order valence-electron chi connectivity index (χ1n) is 7.53. The van der Waals surface area contributed by atoms with E-state index < -0.39 is 35.7 Å². The third-order valence-electron chi connectivity index (χ3n) is 3.10. The molecule has 157 valence electrons. The van der Waals surface area contributed by atoms with Gasteiger partial charge in [0.2, 0.25) is 0 Å². The summed E-state index contributed by atoms with van der Waals surface area (Å²) >= 11 is 0. The van der Waals surface area contributed by atoms with Gasteiger partial charge in [0, 0.05) is 12.1 Å². The van der Waals surface area contributed by atoms with Crippen LogP contribution in [0.25, 0.3) is 0 Å². The first-order chi connectivity index (χ1) is 13.5. The minimum atomic E-state index is -5.01. The third kappa shape index (κ3) is 7.09. The Bertz CT molecular complexity index is 759. The summed E-state index contributed by atoms with van der Waals surface area (Å²) in [5.41, 5.74) is 0. The second-order valence-electron chi connectivity index (χ2n) is 5.05. The van der Waals surface area contributed by atoms with Crippen molar-refractivity contribution in [2.24, 2.45) is 0 Å². The topological polar surface area (TPSA) is 55.4 Å². The van der Waals surface area contributed by atoms with E-state index in [0.29, 0.717) is 7.69 Å². The van der Waals surface area contributed by atoms with Crippen LogP contribution in [0.4, 0.5) is 26.3 Å². The molecule has 0 aliphatic carbocycles. The van der Waals surface area contributed by atoms with Crippen molar-refractivity contribution in [3.05, 3.63) is 36.4 Å². The largest absolute Gasteiger partial charge is 0.658 e. The summed E-state index contributed by atoms with van der Waals surface area (Å²) in [5, 5.41) is 0. The normalized spacial score (nSPS) is 11.4. The zero-order valence-electron chi connectivity index (χ0n) is 14.8. The van der Waals surface area contributed by atoms with Crippen molar-refractivity contribution < 1.29 is 54.6 Å². The van der Waals surface area contributed by atoms with Crippen LogP contribution in [0, 0.1) is 0 Å². The highest BCUT2D eigenvalue weighted by molar-refractivity contribution is 6.21. The summed E-state index contributed by atoms with van der Waals surface area (Å²) < 4.78 is 102. The van der Waals surface area contributed by atoms with Gasteiger partial charge in [-0.2, -0.15) is 0 Å². The minimum absolute atomic E-state index is 0.130. The first kappa shape index (κ1) is 22.2. The maximum atomic E-state index is 12.5. The maximum Gasteiger partial charge on any atom is 0.658 e. The van der Waals surface area contributed by atoms with Gasteiger partial charge in [0.1, 0.15) is 23.0 Å². The fraction of sp³-hybridized carbons (Fsp3) is 0.250. The molecule has 6 nitrogen and oxygen atoms in total. The first-order valence-corrected chi connectivity index (χ1v) is 7.53. The van der Waals surface area contributed by atoms with Crippen LogP contribution in [0.3, 0.4) is 0 Å². The van der Waals surface area contributed by atoms with Crippen molar-refractivity contribution in [2.45, 2.75) is 12.7 Å².